The molecule has 0 aliphatic rings. The van der Waals surface area contributed by atoms with Crippen LogP contribution in [0.3, 0.4) is 0 Å². The molecule has 1 aromatic carbocycles. The molecule has 6 nitrogen and oxygen atoms in total. The van der Waals surface area contributed by atoms with Crippen LogP contribution < -0.4 is 4.90 Å². The van der Waals surface area contributed by atoms with E-state index in [9.17, 15) is 22.8 Å². The molecule has 9 heteroatoms. The Morgan fingerprint density at radius 1 is 0.964 bits per heavy atom. The van der Waals surface area contributed by atoms with Crippen molar-refractivity contribution in [2.24, 2.45) is 0 Å². The standard InChI is InChI=1S/C19H18F3N3O3/c1-11(2)9-15(26)25(16(27)10-12(3)4)14-7-5-13(6-8-14)17-23-18(28-24-17)19(20,21)22/h5-10H,1-4H3. The maximum atomic E-state index is 12.6. The van der Waals surface area contributed by atoms with Crippen LogP contribution in [0.5, 0.6) is 0 Å². The molecule has 0 bridgehead atoms. The van der Waals surface area contributed by atoms with Crippen LogP contribution in [0.15, 0.2) is 52.1 Å². The van der Waals surface area contributed by atoms with Crippen molar-refractivity contribution in [2.75, 3.05) is 4.90 Å². The van der Waals surface area contributed by atoms with Gasteiger partial charge in [0.25, 0.3) is 11.8 Å². The number of benzene rings is 1. The molecule has 1 aromatic heterocycles. The number of carbonyl (C=O) groups excluding carboxylic acids is 2. The second-order valence-corrected chi connectivity index (χ2v) is 6.42. The number of alkyl halides is 3. The van der Waals surface area contributed by atoms with Gasteiger partial charge < -0.3 is 4.52 Å². The SMILES string of the molecule is CC(C)=CC(=O)N(C(=O)C=C(C)C)c1ccc(-c2noc(C(F)(F)F)n2)cc1. The van der Waals surface area contributed by atoms with Crippen LogP contribution in [0, 0.1) is 0 Å². The molecule has 0 saturated carbocycles. The smallest absolute Gasteiger partial charge is 0.329 e. The van der Waals surface area contributed by atoms with Crippen molar-refractivity contribution in [3.63, 3.8) is 0 Å². The first-order valence-corrected chi connectivity index (χ1v) is 8.18. The molecule has 0 fully saturated rings. The topological polar surface area (TPSA) is 76.3 Å². The van der Waals surface area contributed by atoms with Gasteiger partial charge in [-0.1, -0.05) is 16.3 Å². The van der Waals surface area contributed by atoms with E-state index in [0.717, 1.165) is 4.90 Å². The minimum Gasteiger partial charge on any atom is -0.329 e. The molecule has 0 atom stereocenters. The van der Waals surface area contributed by atoms with Crippen LogP contribution in [-0.4, -0.2) is 22.0 Å². The zero-order chi connectivity index (χ0) is 21.1. The molecule has 28 heavy (non-hydrogen) atoms. The zero-order valence-corrected chi connectivity index (χ0v) is 15.7. The van der Waals surface area contributed by atoms with Crippen molar-refractivity contribution in [3.8, 4) is 11.4 Å². The average molecular weight is 393 g/mol. The van der Waals surface area contributed by atoms with Gasteiger partial charge in [-0.2, -0.15) is 18.2 Å². The highest BCUT2D eigenvalue weighted by atomic mass is 19.4. The fourth-order valence-electron chi connectivity index (χ4n) is 2.20. The average Bonchev–Trinajstić information content (AvgIpc) is 3.04. The van der Waals surface area contributed by atoms with Gasteiger partial charge in [-0.05, 0) is 52.0 Å². The minimum absolute atomic E-state index is 0.243. The third-order valence-electron chi connectivity index (χ3n) is 3.32. The molecule has 0 aliphatic carbocycles. The summed E-state index contributed by atoms with van der Waals surface area (Å²) in [6, 6.07) is 5.65. The molecule has 0 aliphatic heterocycles. The van der Waals surface area contributed by atoms with E-state index in [1.54, 1.807) is 27.7 Å². The number of hydrogen-bond acceptors (Lipinski definition) is 5. The summed E-state index contributed by atoms with van der Waals surface area (Å²) in [6.45, 7) is 6.89. The fourth-order valence-corrected chi connectivity index (χ4v) is 2.20. The Morgan fingerprint density at radius 2 is 1.46 bits per heavy atom. The van der Waals surface area contributed by atoms with E-state index in [1.807, 2.05) is 0 Å². The Hall–Kier alpha value is -3.23. The molecular formula is C19H18F3N3O3. The third kappa shape index (κ3) is 5.15. The number of aromatic nitrogens is 2. The van der Waals surface area contributed by atoms with Crippen molar-refractivity contribution in [3.05, 3.63) is 53.5 Å². The zero-order valence-electron chi connectivity index (χ0n) is 15.7. The van der Waals surface area contributed by atoms with Gasteiger partial charge in [-0.25, -0.2) is 4.90 Å². The largest absolute Gasteiger partial charge is 0.471 e. The Kier molecular flexibility index (Phi) is 6.17. The van der Waals surface area contributed by atoms with Gasteiger partial charge in [0.15, 0.2) is 0 Å². The van der Waals surface area contributed by atoms with Crippen molar-refractivity contribution >= 4 is 17.5 Å². The van der Waals surface area contributed by atoms with Crippen LogP contribution in [-0.2, 0) is 15.8 Å². The van der Waals surface area contributed by atoms with Gasteiger partial charge >= 0.3 is 12.1 Å². The Morgan fingerprint density at radius 3 is 1.86 bits per heavy atom. The Bertz CT molecular complexity index is 903. The van der Waals surface area contributed by atoms with E-state index in [-0.39, 0.29) is 17.1 Å². The van der Waals surface area contributed by atoms with Gasteiger partial charge in [-0.15, -0.1) is 0 Å². The molecule has 0 radical (unpaired) electrons. The van der Waals surface area contributed by atoms with Crippen molar-refractivity contribution in [1.82, 2.24) is 10.1 Å². The summed E-state index contributed by atoms with van der Waals surface area (Å²) in [4.78, 5) is 29.2. The van der Waals surface area contributed by atoms with E-state index in [4.69, 9.17) is 0 Å². The predicted molar refractivity (Wildman–Crippen MR) is 96.1 cm³/mol. The molecule has 0 spiro atoms. The number of imide groups is 1. The number of halogens is 3. The summed E-state index contributed by atoms with van der Waals surface area (Å²) in [6.07, 6.45) is -2.10. The van der Waals surface area contributed by atoms with Gasteiger partial charge in [-0.3, -0.25) is 9.59 Å². The van der Waals surface area contributed by atoms with Crippen molar-refractivity contribution < 1.29 is 27.3 Å². The van der Waals surface area contributed by atoms with Crippen LogP contribution in [0.25, 0.3) is 11.4 Å². The third-order valence-corrected chi connectivity index (χ3v) is 3.32. The Balaban J connectivity index is 2.39. The Labute approximate surface area is 159 Å². The lowest BCUT2D eigenvalue weighted by atomic mass is 10.1. The lowest BCUT2D eigenvalue weighted by molar-refractivity contribution is -0.159. The summed E-state index contributed by atoms with van der Waals surface area (Å²) < 4.78 is 42.0. The number of allylic oxidation sites excluding steroid dienone is 2. The van der Waals surface area contributed by atoms with Crippen LogP contribution in [0.2, 0.25) is 0 Å². The molecule has 0 N–H and O–H groups in total. The van der Waals surface area contributed by atoms with E-state index in [1.165, 1.54) is 36.4 Å². The maximum Gasteiger partial charge on any atom is 0.471 e. The first-order chi connectivity index (χ1) is 13.0. The molecule has 0 saturated heterocycles. The number of anilines is 1. The summed E-state index contributed by atoms with van der Waals surface area (Å²) in [5.74, 6) is -2.77. The number of rotatable bonds is 4. The summed E-state index contributed by atoms with van der Waals surface area (Å²) in [5, 5.41) is 3.30. The van der Waals surface area contributed by atoms with Crippen LogP contribution in [0.4, 0.5) is 18.9 Å². The first kappa shape index (κ1) is 21.1. The van der Waals surface area contributed by atoms with E-state index in [2.05, 4.69) is 14.7 Å². The van der Waals surface area contributed by atoms with Crippen LogP contribution in [0.1, 0.15) is 33.6 Å². The second kappa shape index (κ2) is 8.20. The molecule has 2 rings (SSSR count). The molecule has 1 heterocycles. The van der Waals surface area contributed by atoms with Gasteiger partial charge in [0.1, 0.15) is 0 Å². The summed E-state index contributed by atoms with van der Waals surface area (Å²) in [7, 11) is 0. The number of hydrogen-bond donors (Lipinski definition) is 0. The van der Waals surface area contributed by atoms with Gasteiger partial charge in [0, 0.05) is 17.7 Å². The van der Waals surface area contributed by atoms with Gasteiger partial charge in [0.05, 0.1) is 5.69 Å². The molecule has 0 unspecified atom stereocenters. The maximum absolute atomic E-state index is 12.6. The summed E-state index contributed by atoms with van der Waals surface area (Å²) >= 11 is 0. The second-order valence-electron chi connectivity index (χ2n) is 6.42. The highest BCUT2D eigenvalue weighted by molar-refractivity contribution is 6.22. The summed E-state index contributed by atoms with van der Waals surface area (Å²) in [5.41, 5.74) is 1.92. The predicted octanol–water partition coefficient (Wildman–Crippen LogP) is 4.55. The lowest BCUT2D eigenvalue weighted by Crippen LogP contribution is -2.34. The monoisotopic (exact) mass is 393 g/mol. The van der Waals surface area contributed by atoms with Gasteiger partial charge in [0.2, 0.25) is 5.82 Å². The number of amides is 2. The van der Waals surface area contributed by atoms with E-state index in [0.29, 0.717) is 11.1 Å². The molecular weight excluding hydrogens is 375 g/mol. The van der Waals surface area contributed by atoms with Crippen LogP contribution >= 0.6 is 0 Å². The molecule has 148 valence electrons. The molecule has 2 amide bonds. The highest BCUT2D eigenvalue weighted by Crippen LogP contribution is 2.30. The minimum atomic E-state index is -4.74. The fraction of sp³-hybridized carbons (Fsp3) is 0.263. The molecule has 2 aromatic rings. The van der Waals surface area contributed by atoms with E-state index < -0.39 is 23.9 Å². The number of nitrogens with zero attached hydrogens (tertiary/aromatic N) is 3. The normalized spacial score (nSPS) is 11.0. The van der Waals surface area contributed by atoms with Crippen molar-refractivity contribution in [2.45, 2.75) is 33.9 Å². The van der Waals surface area contributed by atoms with Crippen molar-refractivity contribution in [1.29, 1.82) is 0 Å². The lowest BCUT2D eigenvalue weighted by Gasteiger charge is -2.18. The highest BCUT2D eigenvalue weighted by Gasteiger charge is 2.38. The first-order valence-electron chi connectivity index (χ1n) is 8.18. The number of carbonyl (C=O) groups is 2. The van der Waals surface area contributed by atoms with E-state index >= 15 is 0 Å². The quantitative estimate of drug-likeness (QED) is 0.713.